The van der Waals surface area contributed by atoms with Crippen LogP contribution >= 0.6 is 11.8 Å². The second kappa shape index (κ2) is 4.43. The van der Waals surface area contributed by atoms with Crippen molar-refractivity contribution in [3.63, 3.8) is 0 Å². The van der Waals surface area contributed by atoms with Crippen LogP contribution in [0.1, 0.15) is 27.2 Å². The van der Waals surface area contributed by atoms with Crippen LogP contribution in [0.5, 0.6) is 0 Å². The van der Waals surface area contributed by atoms with Crippen LogP contribution in [0.4, 0.5) is 0 Å². The predicted molar refractivity (Wildman–Crippen MR) is 59.7 cm³/mol. The van der Waals surface area contributed by atoms with Gasteiger partial charge in [-0.1, -0.05) is 20.8 Å². The first-order valence-corrected chi connectivity index (χ1v) is 6.17. The summed E-state index contributed by atoms with van der Waals surface area (Å²) in [6.07, 6.45) is 0.722. The zero-order valence-electron chi connectivity index (χ0n) is 9.32. The molecule has 1 unspecified atom stereocenters. The molecule has 1 N–H and O–H groups in total. The van der Waals surface area contributed by atoms with Crippen molar-refractivity contribution < 1.29 is 14.7 Å². The third-order valence-electron chi connectivity index (χ3n) is 2.89. The first-order chi connectivity index (χ1) is 6.90. The van der Waals surface area contributed by atoms with Gasteiger partial charge in [0.25, 0.3) is 0 Å². The van der Waals surface area contributed by atoms with E-state index in [-0.39, 0.29) is 5.91 Å². The third-order valence-corrected chi connectivity index (χ3v) is 3.90. The summed E-state index contributed by atoms with van der Waals surface area (Å²) in [7, 11) is 0. The van der Waals surface area contributed by atoms with E-state index in [0.29, 0.717) is 11.6 Å². The molecule has 0 spiro atoms. The van der Waals surface area contributed by atoms with E-state index in [2.05, 4.69) is 0 Å². The van der Waals surface area contributed by atoms with Crippen molar-refractivity contribution in [1.82, 2.24) is 4.90 Å². The minimum Gasteiger partial charge on any atom is -0.480 e. The maximum absolute atomic E-state index is 12.1. The summed E-state index contributed by atoms with van der Waals surface area (Å²) in [5, 5.41) is 8.96. The molecule has 1 amide bonds. The summed E-state index contributed by atoms with van der Waals surface area (Å²) in [5.74, 6) is 0.0442. The lowest BCUT2D eigenvalue weighted by molar-refractivity contribution is -0.151. The zero-order chi connectivity index (χ0) is 11.6. The number of carbonyl (C=O) groups is 2. The van der Waals surface area contributed by atoms with Gasteiger partial charge in [0.1, 0.15) is 6.04 Å². The Bertz CT molecular complexity index is 278. The van der Waals surface area contributed by atoms with Crippen LogP contribution in [0.3, 0.4) is 0 Å². The van der Waals surface area contributed by atoms with Gasteiger partial charge in [-0.2, -0.15) is 0 Å². The fraction of sp³-hybridized carbons (Fsp3) is 0.800. The van der Waals surface area contributed by atoms with Gasteiger partial charge in [0.2, 0.25) is 5.91 Å². The van der Waals surface area contributed by atoms with Gasteiger partial charge in [-0.05, 0) is 6.42 Å². The largest absolute Gasteiger partial charge is 0.480 e. The zero-order valence-corrected chi connectivity index (χ0v) is 10.1. The van der Waals surface area contributed by atoms with Crippen molar-refractivity contribution in [2.45, 2.75) is 33.2 Å². The SMILES string of the molecule is CCC(C)(C)C(=O)N1CSCC1C(=O)O. The molecule has 1 atom stereocenters. The highest BCUT2D eigenvalue weighted by Gasteiger charge is 2.40. The van der Waals surface area contributed by atoms with E-state index < -0.39 is 17.4 Å². The molecule has 0 saturated carbocycles. The highest BCUT2D eigenvalue weighted by Crippen LogP contribution is 2.29. The average Bonchev–Trinajstić information content (AvgIpc) is 2.64. The molecule has 0 bridgehead atoms. The van der Waals surface area contributed by atoms with Crippen molar-refractivity contribution in [2.24, 2.45) is 5.41 Å². The van der Waals surface area contributed by atoms with E-state index in [9.17, 15) is 9.59 Å². The summed E-state index contributed by atoms with van der Waals surface area (Å²) >= 11 is 1.50. The predicted octanol–water partition coefficient (Wildman–Crippen LogP) is 1.41. The fourth-order valence-electron chi connectivity index (χ4n) is 1.39. The number of carbonyl (C=O) groups excluding carboxylic acids is 1. The maximum Gasteiger partial charge on any atom is 0.327 e. The van der Waals surface area contributed by atoms with E-state index in [1.165, 1.54) is 16.7 Å². The van der Waals surface area contributed by atoms with Crippen LogP contribution < -0.4 is 0 Å². The molecular weight excluding hydrogens is 214 g/mol. The molecule has 0 aromatic carbocycles. The van der Waals surface area contributed by atoms with Crippen LogP contribution in [-0.4, -0.2) is 39.6 Å². The van der Waals surface area contributed by atoms with Crippen LogP contribution in [0, 0.1) is 5.41 Å². The standard InChI is InChI=1S/C10H17NO3S/c1-4-10(2,3)9(14)11-6-15-5-7(11)8(12)13/h7H,4-6H2,1-3H3,(H,12,13). The first kappa shape index (κ1) is 12.4. The van der Waals surface area contributed by atoms with Gasteiger partial charge in [0, 0.05) is 11.2 Å². The van der Waals surface area contributed by atoms with Gasteiger partial charge in [0.05, 0.1) is 5.88 Å². The molecule has 15 heavy (non-hydrogen) atoms. The molecule has 1 saturated heterocycles. The number of hydrogen-bond donors (Lipinski definition) is 1. The van der Waals surface area contributed by atoms with Gasteiger partial charge in [-0.25, -0.2) is 4.79 Å². The molecule has 4 nitrogen and oxygen atoms in total. The Balaban J connectivity index is 2.79. The molecule has 0 aliphatic carbocycles. The summed E-state index contributed by atoms with van der Waals surface area (Å²) < 4.78 is 0. The molecule has 0 aromatic heterocycles. The van der Waals surface area contributed by atoms with Gasteiger partial charge in [0.15, 0.2) is 0 Å². The van der Waals surface area contributed by atoms with Gasteiger partial charge in [-0.15, -0.1) is 11.8 Å². The quantitative estimate of drug-likeness (QED) is 0.798. The lowest BCUT2D eigenvalue weighted by atomic mass is 9.88. The van der Waals surface area contributed by atoms with E-state index in [0.717, 1.165) is 6.42 Å². The monoisotopic (exact) mass is 231 g/mol. The van der Waals surface area contributed by atoms with Gasteiger partial charge < -0.3 is 10.0 Å². The molecule has 1 aliphatic heterocycles. The number of amides is 1. The lowest BCUT2D eigenvalue weighted by Crippen LogP contribution is -2.47. The van der Waals surface area contributed by atoms with E-state index >= 15 is 0 Å². The fourth-order valence-corrected chi connectivity index (χ4v) is 2.53. The highest BCUT2D eigenvalue weighted by atomic mass is 32.2. The Labute approximate surface area is 94.0 Å². The molecule has 0 radical (unpaired) electrons. The van der Waals surface area contributed by atoms with E-state index in [4.69, 9.17) is 5.11 Å². The molecule has 1 rings (SSSR count). The molecule has 1 fully saturated rings. The topological polar surface area (TPSA) is 57.6 Å². The Morgan fingerprint density at radius 3 is 2.60 bits per heavy atom. The number of rotatable bonds is 3. The van der Waals surface area contributed by atoms with Crippen LogP contribution in [0.25, 0.3) is 0 Å². The van der Waals surface area contributed by atoms with Crippen molar-refractivity contribution >= 4 is 23.6 Å². The molecule has 1 aliphatic rings. The van der Waals surface area contributed by atoms with Crippen LogP contribution in [0.2, 0.25) is 0 Å². The van der Waals surface area contributed by atoms with Crippen molar-refractivity contribution in [3.8, 4) is 0 Å². The Hall–Kier alpha value is -0.710. The van der Waals surface area contributed by atoms with Gasteiger partial charge >= 0.3 is 5.97 Å². The van der Waals surface area contributed by atoms with Gasteiger partial charge in [-0.3, -0.25) is 4.79 Å². The molecule has 1 heterocycles. The van der Waals surface area contributed by atoms with Crippen LogP contribution in [0.15, 0.2) is 0 Å². The van der Waals surface area contributed by atoms with Crippen molar-refractivity contribution in [1.29, 1.82) is 0 Å². The first-order valence-electron chi connectivity index (χ1n) is 5.01. The Morgan fingerprint density at radius 2 is 2.13 bits per heavy atom. The summed E-state index contributed by atoms with van der Waals surface area (Å²) in [6, 6.07) is -0.645. The minimum atomic E-state index is -0.903. The Morgan fingerprint density at radius 1 is 1.53 bits per heavy atom. The molecule has 86 valence electrons. The second-order valence-corrected chi connectivity index (χ2v) is 5.37. The van der Waals surface area contributed by atoms with Crippen LogP contribution in [-0.2, 0) is 9.59 Å². The van der Waals surface area contributed by atoms with E-state index in [1.807, 2.05) is 20.8 Å². The summed E-state index contributed by atoms with van der Waals surface area (Å²) in [4.78, 5) is 24.5. The number of carboxylic acid groups (broad SMARTS) is 1. The Kier molecular flexibility index (Phi) is 3.65. The third kappa shape index (κ3) is 2.45. The molecule has 0 aromatic rings. The average molecular weight is 231 g/mol. The molecule has 5 heteroatoms. The number of carboxylic acids is 1. The highest BCUT2D eigenvalue weighted by molar-refractivity contribution is 7.99. The number of nitrogens with zero attached hydrogens (tertiary/aromatic N) is 1. The number of hydrogen-bond acceptors (Lipinski definition) is 3. The summed E-state index contributed by atoms with van der Waals surface area (Å²) in [6.45, 7) is 5.66. The second-order valence-electron chi connectivity index (χ2n) is 4.37. The van der Waals surface area contributed by atoms with Crippen molar-refractivity contribution in [3.05, 3.63) is 0 Å². The number of thioether (sulfide) groups is 1. The summed E-state index contributed by atoms with van der Waals surface area (Å²) in [5.41, 5.74) is -0.460. The molecular formula is C10H17NO3S. The lowest BCUT2D eigenvalue weighted by Gasteiger charge is -2.30. The minimum absolute atomic E-state index is 0.0533. The van der Waals surface area contributed by atoms with Crippen molar-refractivity contribution in [2.75, 3.05) is 11.6 Å². The maximum atomic E-state index is 12.1. The van der Waals surface area contributed by atoms with E-state index in [1.54, 1.807) is 0 Å². The normalized spacial score (nSPS) is 21.8. The number of aliphatic carboxylic acids is 1. The smallest absolute Gasteiger partial charge is 0.327 e.